The number of aromatic nitrogens is 8. The van der Waals surface area contributed by atoms with E-state index in [2.05, 4.69) is 29.9 Å². The number of rotatable bonds is 2. The quantitative estimate of drug-likeness (QED) is 0.164. The Morgan fingerprint density at radius 3 is 2.16 bits per heavy atom. The number of nitrogens with zero attached hydrogens (tertiary/aromatic N) is 6. The Morgan fingerprint density at radius 1 is 0.844 bits per heavy atom. The van der Waals surface area contributed by atoms with Gasteiger partial charge in [-0.2, -0.15) is 4.98 Å². The minimum atomic E-state index is -5.26. The van der Waals surface area contributed by atoms with Gasteiger partial charge in [-0.05, 0) is 0 Å². The highest BCUT2D eigenvalue weighted by molar-refractivity contribution is 7.47. The van der Waals surface area contributed by atoms with Gasteiger partial charge in [0, 0.05) is 0 Å². The maximum atomic E-state index is 15.8. The topological polar surface area (TPSA) is 283 Å². The predicted molar refractivity (Wildman–Crippen MR) is 140 cm³/mol. The lowest BCUT2D eigenvalue weighted by molar-refractivity contribution is -0.0669. The molecule has 3 saturated heterocycles. The average molecular weight is 679 g/mol. The molecule has 3 aliphatic rings. The van der Waals surface area contributed by atoms with Crippen LogP contribution in [0.1, 0.15) is 12.5 Å². The summed E-state index contributed by atoms with van der Waals surface area (Å²) in [4.78, 5) is 65.5. The number of nitrogen functional groups attached to an aromatic ring is 1. The summed E-state index contributed by atoms with van der Waals surface area (Å²) in [5, 5.41) is 0. The number of ether oxygens (including phenoxy) is 2. The Kier molecular flexibility index (Phi) is 7.24. The third kappa shape index (κ3) is 5.29. The highest BCUT2D eigenvalue weighted by Gasteiger charge is 2.55. The number of aromatic amines is 2. The molecule has 4 aromatic heterocycles. The number of fused-ring (bicyclic) bond motifs is 5. The summed E-state index contributed by atoms with van der Waals surface area (Å²) in [7, 11) is -10.5. The average Bonchev–Trinajstić information content (AvgIpc) is 3.72. The van der Waals surface area contributed by atoms with Gasteiger partial charge in [0.05, 0.1) is 32.2 Å². The molecule has 6 N–H and O–H groups in total. The molecule has 3 fully saturated rings. The first-order valence-electron chi connectivity index (χ1n) is 12.8. The van der Waals surface area contributed by atoms with Gasteiger partial charge in [-0.25, -0.2) is 32.9 Å². The first kappa shape index (κ1) is 30.2. The molecule has 45 heavy (non-hydrogen) atoms. The molecule has 0 saturated carbocycles. The smallest absolute Gasteiger partial charge is 0.369 e. The Labute approximate surface area is 246 Å². The van der Waals surface area contributed by atoms with Crippen molar-refractivity contribution in [3.05, 3.63) is 39.7 Å². The molecule has 4 aromatic rings. The van der Waals surface area contributed by atoms with Crippen LogP contribution in [-0.2, 0) is 36.7 Å². The maximum Gasteiger partial charge on any atom is 0.472 e. The van der Waals surface area contributed by atoms with Crippen LogP contribution in [0, 0.1) is 0 Å². The summed E-state index contributed by atoms with van der Waals surface area (Å²) in [5.74, 6) is -0.333. The molecule has 242 valence electrons. The molecular formula is C20H21F2N9O12P2. The third-order valence-corrected chi connectivity index (χ3v) is 9.18. The molecule has 3 aliphatic heterocycles. The minimum absolute atomic E-state index is 0.111. The molecule has 3 unspecified atom stereocenters. The maximum absolute atomic E-state index is 15.8. The number of halogens is 2. The number of hydrogen-bond acceptors (Lipinski definition) is 15. The Bertz CT molecular complexity index is 2000. The Hall–Kier alpha value is -3.50. The van der Waals surface area contributed by atoms with Crippen molar-refractivity contribution >= 4 is 43.9 Å². The molecule has 25 heteroatoms. The molecule has 21 nitrogen and oxygen atoms in total. The van der Waals surface area contributed by atoms with Crippen molar-refractivity contribution in [1.82, 2.24) is 39.0 Å². The Morgan fingerprint density at radius 2 is 1.44 bits per heavy atom. The largest absolute Gasteiger partial charge is 0.472 e. The number of imidazole rings is 2. The van der Waals surface area contributed by atoms with Gasteiger partial charge in [-0.15, -0.1) is 0 Å². The number of nitrogens with two attached hydrogens (primary N) is 1. The zero-order chi connectivity index (χ0) is 31.8. The van der Waals surface area contributed by atoms with Gasteiger partial charge < -0.3 is 30.0 Å². The standard InChI is InChI=1S/C20H21F2N9O12P2/c21-8-6-1-38-44(34,35)42-12-7(41-18(9(12)22)30-4-26-10-14(30)24-3-25-16(10)32)2-39-45(36,37)43-13(8)19(40-6)31-5-27-11-15(31)28-20(23)29-17(11)33/h3-9,12-13,18-19H,1-2H2,(H,34,35)(H,36,37)(H,24,25,32)(H3,23,28,29,33)/t6-,7-,8-,9+,12-,13?,18-,19-/m1/s1. The van der Waals surface area contributed by atoms with E-state index in [0.717, 1.165) is 28.1 Å². The summed E-state index contributed by atoms with van der Waals surface area (Å²) < 4.78 is 90.9. The van der Waals surface area contributed by atoms with Gasteiger partial charge >= 0.3 is 15.6 Å². The van der Waals surface area contributed by atoms with Gasteiger partial charge in [-0.3, -0.25) is 41.8 Å². The zero-order valence-electron chi connectivity index (χ0n) is 22.2. The molecular weight excluding hydrogens is 658 g/mol. The van der Waals surface area contributed by atoms with E-state index in [1.807, 2.05) is 0 Å². The number of phosphoric ester groups is 2. The second-order valence-corrected chi connectivity index (χ2v) is 12.8. The summed E-state index contributed by atoms with van der Waals surface area (Å²) >= 11 is 0. The van der Waals surface area contributed by atoms with Crippen molar-refractivity contribution < 1.29 is 55.3 Å². The van der Waals surface area contributed by atoms with Crippen LogP contribution >= 0.6 is 15.6 Å². The van der Waals surface area contributed by atoms with Crippen molar-refractivity contribution in [2.24, 2.45) is 0 Å². The third-order valence-electron chi connectivity index (χ3n) is 7.21. The van der Waals surface area contributed by atoms with Crippen LogP contribution in [0.2, 0.25) is 0 Å². The fourth-order valence-corrected chi connectivity index (χ4v) is 7.11. The summed E-state index contributed by atoms with van der Waals surface area (Å²) in [6.45, 7) is -1.99. The van der Waals surface area contributed by atoms with E-state index in [1.54, 1.807) is 0 Å². The van der Waals surface area contributed by atoms with E-state index in [4.69, 9.17) is 33.3 Å². The minimum Gasteiger partial charge on any atom is -0.369 e. The number of nitrogens with one attached hydrogen (secondary N) is 2. The first-order chi connectivity index (χ1) is 21.3. The number of hydrogen-bond donors (Lipinski definition) is 5. The van der Waals surface area contributed by atoms with E-state index >= 15 is 8.78 Å². The van der Waals surface area contributed by atoms with Crippen LogP contribution in [0.4, 0.5) is 14.7 Å². The second-order valence-electron chi connectivity index (χ2n) is 10.0. The molecule has 7 rings (SSSR count). The van der Waals surface area contributed by atoms with Crippen LogP contribution in [0.15, 0.2) is 28.6 Å². The van der Waals surface area contributed by atoms with Gasteiger partial charge in [0.25, 0.3) is 11.1 Å². The van der Waals surface area contributed by atoms with E-state index in [-0.39, 0.29) is 28.3 Å². The molecule has 0 aliphatic carbocycles. The number of phosphoric acid groups is 2. The van der Waals surface area contributed by atoms with Crippen molar-refractivity contribution in [1.29, 1.82) is 0 Å². The van der Waals surface area contributed by atoms with Crippen molar-refractivity contribution in [2.75, 3.05) is 18.9 Å². The van der Waals surface area contributed by atoms with E-state index in [1.165, 1.54) is 0 Å². The molecule has 0 radical (unpaired) electrons. The monoisotopic (exact) mass is 679 g/mol. The fourth-order valence-electron chi connectivity index (χ4n) is 5.23. The lowest BCUT2D eigenvalue weighted by atomic mass is 10.1. The van der Waals surface area contributed by atoms with Crippen LogP contribution in [0.3, 0.4) is 0 Å². The first-order valence-corrected chi connectivity index (χ1v) is 15.8. The van der Waals surface area contributed by atoms with E-state index < -0.39 is 89.2 Å². The lowest BCUT2D eigenvalue weighted by Crippen LogP contribution is -2.34. The van der Waals surface area contributed by atoms with Gasteiger partial charge in [-0.1, -0.05) is 0 Å². The SMILES string of the molecule is Nc1nc2c(ncn2[C@@H]2O[C@@H]3COP(=O)(O)O[C@H]4[C@H](F)[C@H](n5cnc6c(=O)[nH]cnc65)O[C@@H]4COP(=O)(O)OC2[C@@H]3F)c(=O)[nH]1. The van der Waals surface area contributed by atoms with Gasteiger partial charge in [0.2, 0.25) is 5.95 Å². The highest BCUT2D eigenvalue weighted by Crippen LogP contribution is 2.54. The van der Waals surface area contributed by atoms with Crippen molar-refractivity contribution in [2.45, 2.75) is 49.2 Å². The second kappa shape index (κ2) is 10.8. The molecule has 2 bridgehead atoms. The normalized spacial score (nSPS) is 37.7. The van der Waals surface area contributed by atoms with Gasteiger partial charge in [0.1, 0.15) is 24.4 Å². The molecule has 0 aromatic carbocycles. The van der Waals surface area contributed by atoms with Crippen molar-refractivity contribution in [3.63, 3.8) is 0 Å². The van der Waals surface area contributed by atoms with E-state index in [0.29, 0.717) is 0 Å². The fraction of sp³-hybridized carbons (Fsp3) is 0.500. The number of anilines is 1. The number of alkyl halides is 2. The van der Waals surface area contributed by atoms with Crippen LogP contribution in [0.5, 0.6) is 0 Å². The molecule has 7 heterocycles. The lowest BCUT2D eigenvalue weighted by Gasteiger charge is -2.25. The molecule has 0 amide bonds. The van der Waals surface area contributed by atoms with Crippen LogP contribution in [0.25, 0.3) is 22.3 Å². The highest BCUT2D eigenvalue weighted by atomic mass is 31.2. The number of H-pyrrole nitrogens is 2. The van der Waals surface area contributed by atoms with E-state index in [9.17, 15) is 28.5 Å². The van der Waals surface area contributed by atoms with Crippen molar-refractivity contribution in [3.8, 4) is 0 Å². The summed E-state index contributed by atoms with van der Waals surface area (Å²) in [6, 6.07) is 0. The van der Waals surface area contributed by atoms with Crippen LogP contribution < -0.4 is 16.9 Å². The predicted octanol–water partition coefficient (Wildman–Crippen LogP) is -0.676. The van der Waals surface area contributed by atoms with Crippen LogP contribution in [-0.4, -0.2) is 98.8 Å². The Balaban J connectivity index is 1.21. The zero-order valence-corrected chi connectivity index (χ0v) is 23.9. The molecule has 10 atom stereocenters. The van der Waals surface area contributed by atoms with Gasteiger partial charge in [0.15, 0.2) is 47.1 Å². The summed E-state index contributed by atoms with van der Waals surface area (Å²) in [5.41, 5.74) is 3.50. The molecule has 0 spiro atoms. The summed E-state index contributed by atoms with van der Waals surface area (Å²) in [6.07, 6.45) is -12.2.